The van der Waals surface area contributed by atoms with Gasteiger partial charge >= 0.3 is 6.03 Å². The number of carbonyl (C=O) groups is 2. The lowest BCUT2D eigenvalue weighted by atomic mass is 10.1. The van der Waals surface area contributed by atoms with Crippen molar-refractivity contribution in [1.29, 1.82) is 0 Å². The average Bonchev–Trinajstić information content (AvgIpc) is 3.10. The van der Waals surface area contributed by atoms with Gasteiger partial charge in [-0.25, -0.2) is 4.79 Å². The number of furan rings is 1. The lowest BCUT2D eigenvalue weighted by molar-refractivity contribution is -0.129. The van der Waals surface area contributed by atoms with Gasteiger partial charge in [-0.1, -0.05) is 24.3 Å². The van der Waals surface area contributed by atoms with Crippen LogP contribution in [0, 0.1) is 0 Å². The number of anilines is 1. The van der Waals surface area contributed by atoms with E-state index in [1.165, 1.54) is 4.90 Å². The normalized spacial score (nSPS) is 15.0. The fraction of sp³-hybridized carbons (Fsp3) is 0.200. The second-order valence-corrected chi connectivity index (χ2v) is 6.13. The molecular formula is C20H18N2O4. The fourth-order valence-electron chi connectivity index (χ4n) is 3.16. The number of para-hydroxylation sites is 1. The van der Waals surface area contributed by atoms with Gasteiger partial charge in [-0.3, -0.25) is 14.6 Å². The smallest absolute Gasteiger partial charge is 0.331 e. The van der Waals surface area contributed by atoms with Gasteiger partial charge in [-0.15, -0.1) is 0 Å². The maximum atomic E-state index is 13.0. The van der Waals surface area contributed by atoms with Gasteiger partial charge in [0.2, 0.25) is 5.91 Å². The summed E-state index contributed by atoms with van der Waals surface area (Å²) in [7, 11) is 1.60. The third-order valence-electron chi connectivity index (χ3n) is 4.56. The SMILES string of the molecule is COc1ccc(CN2C(=O)CCN(c3coc4ccccc34)C2=O)cc1. The van der Waals surface area contributed by atoms with E-state index in [1.54, 1.807) is 18.3 Å². The Kier molecular flexibility index (Phi) is 4.08. The van der Waals surface area contributed by atoms with Gasteiger partial charge in [0.05, 0.1) is 19.3 Å². The van der Waals surface area contributed by atoms with Crippen molar-refractivity contribution in [2.75, 3.05) is 18.6 Å². The first kappa shape index (κ1) is 16.2. The summed E-state index contributed by atoms with van der Waals surface area (Å²) in [6.07, 6.45) is 1.85. The van der Waals surface area contributed by atoms with Gasteiger partial charge in [0.25, 0.3) is 0 Å². The molecule has 0 unspecified atom stereocenters. The number of nitrogens with zero attached hydrogens (tertiary/aromatic N) is 2. The number of rotatable bonds is 4. The molecule has 0 radical (unpaired) electrons. The lowest BCUT2D eigenvalue weighted by Crippen LogP contribution is -2.52. The van der Waals surface area contributed by atoms with E-state index in [1.807, 2.05) is 48.5 Å². The zero-order chi connectivity index (χ0) is 18.1. The van der Waals surface area contributed by atoms with E-state index >= 15 is 0 Å². The van der Waals surface area contributed by atoms with Crippen molar-refractivity contribution in [3.8, 4) is 5.75 Å². The molecule has 3 amide bonds. The van der Waals surface area contributed by atoms with Gasteiger partial charge in [0.15, 0.2) is 0 Å². The van der Waals surface area contributed by atoms with Gasteiger partial charge in [-0.2, -0.15) is 0 Å². The van der Waals surface area contributed by atoms with E-state index in [0.717, 1.165) is 16.7 Å². The summed E-state index contributed by atoms with van der Waals surface area (Å²) < 4.78 is 10.7. The molecule has 4 rings (SSSR count). The van der Waals surface area contributed by atoms with Crippen molar-refractivity contribution >= 4 is 28.6 Å². The van der Waals surface area contributed by atoms with E-state index in [0.29, 0.717) is 17.8 Å². The monoisotopic (exact) mass is 350 g/mol. The summed E-state index contributed by atoms with van der Waals surface area (Å²) in [4.78, 5) is 28.2. The molecule has 6 heteroatoms. The molecule has 3 aromatic rings. The molecule has 1 aromatic heterocycles. The minimum Gasteiger partial charge on any atom is -0.497 e. The van der Waals surface area contributed by atoms with Crippen molar-refractivity contribution < 1.29 is 18.7 Å². The van der Waals surface area contributed by atoms with Crippen LogP contribution in [0.5, 0.6) is 5.75 Å². The molecule has 0 saturated carbocycles. The first-order valence-corrected chi connectivity index (χ1v) is 8.38. The summed E-state index contributed by atoms with van der Waals surface area (Å²) in [5.74, 6) is 0.561. The third kappa shape index (κ3) is 2.79. The van der Waals surface area contributed by atoms with E-state index < -0.39 is 0 Å². The predicted octanol–water partition coefficient (Wildman–Crippen LogP) is 3.80. The molecule has 0 aliphatic carbocycles. The van der Waals surface area contributed by atoms with Crippen LogP contribution in [0.25, 0.3) is 11.0 Å². The second-order valence-electron chi connectivity index (χ2n) is 6.13. The highest BCUT2D eigenvalue weighted by molar-refractivity contribution is 6.09. The maximum absolute atomic E-state index is 13.0. The molecule has 0 atom stereocenters. The highest BCUT2D eigenvalue weighted by atomic mass is 16.5. The first-order valence-electron chi connectivity index (χ1n) is 8.38. The molecule has 2 heterocycles. The number of ether oxygens (including phenoxy) is 1. The Morgan fingerprint density at radius 1 is 1.08 bits per heavy atom. The number of hydrogen-bond donors (Lipinski definition) is 0. The molecule has 6 nitrogen and oxygen atoms in total. The van der Waals surface area contributed by atoms with Crippen molar-refractivity contribution in [3.63, 3.8) is 0 Å². The Morgan fingerprint density at radius 2 is 1.85 bits per heavy atom. The molecule has 1 aliphatic heterocycles. The number of urea groups is 1. The third-order valence-corrected chi connectivity index (χ3v) is 4.56. The number of hydrogen-bond acceptors (Lipinski definition) is 4. The summed E-state index contributed by atoms with van der Waals surface area (Å²) in [6.45, 7) is 0.578. The van der Waals surface area contributed by atoms with Crippen molar-refractivity contribution in [2.24, 2.45) is 0 Å². The van der Waals surface area contributed by atoms with Gasteiger partial charge in [0, 0.05) is 18.4 Å². The maximum Gasteiger partial charge on any atom is 0.331 e. The number of benzene rings is 2. The van der Waals surface area contributed by atoms with E-state index in [4.69, 9.17) is 9.15 Å². The van der Waals surface area contributed by atoms with Crippen LogP contribution < -0.4 is 9.64 Å². The Balaban J connectivity index is 1.61. The first-order chi connectivity index (χ1) is 12.7. The minimum atomic E-state index is -0.330. The Bertz CT molecular complexity index is 961. The molecule has 1 saturated heterocycles. The second kappa shape index (κ2) is 6.55. The van der Waals surface area contributed by atoms with Crippen molar-refractivity contribution in [2.45, 2.75) is 13.0 Å². The molecule has 132 valence electrons. The summed E-state index contributed by atoms with van der Waals surface area (Å²) in [5, 5.41) is 0.861. The van der Waals surface area contributed by atoms with Crippen LogP contribution in [-0.4, -0.2) is 30.5 Å². The van der Waals surface area contributed by atoms with Crippen LogP contribution in [0.1, 0.15) is 12.0 Å². The standard InChI is InChI=1S/C20H18N2O4/c1-25-15-8-6-14(7-9-15)12-22-19(23)10-11-21(20(22)24)17-13-26-18-5-3-2-4-16(17)18/h2-9,13H,10-12H2,1H3. The van der Waals surface area contributed by atoms with Crippen LogP contribution >= 0.6 is 0 Å². The highest BCUT2D eigenvalue weighted by Crippen LogP contribution is 2.31. The Labute approximate surface area is 150 Å². The van der Waals surface area contributed by atoms with Crippen LogP contribution in [0.3, 0.4) is 0 Å². The van der Waals surface area contributed by atoms with Crippen LogP contribution in [-0.2, 0) is 11.3 Å². The summed E-state index contributed by atoms with van der Waals surface area (Å²) in [5.41, 5.74) is 2.28. The number of fused-ring (bicyclic) bond motifs is 1. The predicted molar refractivity (Wildman–Crippen MR) is 97.1 cm³/mol. The topological polar surface area (TPSA) is 63.0 Å². The largest absolute Gasteiger partial charge is 0.497 e. The number of methoxy groups -OCH3 is 1. The molecule has 0 spiro atoms. The zero-order valence-corrected chi connectivity index (χ0v) is 14.3. The summed E-state index contributed by atoms with van der Waals surface area (Å²) in [6, 6.07) is 14.5. The zero-order valence-electron chi connectivity index (χ0n) is 14.3. The Hall–Kier alpha value is -3.28. The molecule has 1 aliphatic rings. The molecule has 2 aromatic carbocycles. The van der Waals surface area contributed by atoms with Gasteiger partial charge in [-0.05, 0) is 29.8 Å². The number of imide groups is 1. The van der Waals surface area contributed by atoms with E-state index in [-0.39, 0.29) is 24.9 Å². The molecule has 1 fully saturated rings. The number of carbonyl (C=O) groups excluding carboxylic acids is 2. The quantitative estimate of drug-likeness (QED) is 0.718. The van der Waals surface area contributed by atoms with Crippen LogP contribution in [0.2, 0.25) is 0 Å². The molecule has 0 bridgehead atoms. The fourth-order valence-corrected chi connectivity index (χ4v) is 3.16. The van der Waals surface area contributed by atoms with Crippen LogP contribution in [0.4, 0.5) is 10.5 Å². The van der Waals surface area contributed by atoms with E-state index in [9.17, 15) is 9.59 Å². The minimum absolute atomic E-state index is 0.171. The van der Waals surface area contributed by atoms with Gasteiger partial charge in [0.1, 0.15) is 17.6 Å². The lowest BCUT2D eigenvalue weighted by Gasteiger charge is -2.33. The van der Waals surface area contributed by atoms with Crippen LogP contribution in [0.15, 0.2) is 59.2 Å². The molecular weight excluding hydrogens is 332 g/mol. The number of amides is 3. The molecule has 0 N–H and O–H groups in total. The summed E-state index contributed by atoms with van der Waals surface area (Å²) >= 11 is 0. The Morgan fingerprint density at radius 3 is 2.62 bits per heavy atom. The highest BCUT2D eigenvalue weighted by Gasteiger charge is 2.34. The molecule has 26 heavy (non-hydrogen) atoms. The van der Waals surface area contributed by atoms with Gasteiger partial charge < -0.3 is 9.15 Å². The van der Waals surface area contributed by atoms with Crippen molar-refractivity contribution in [1.82, 2.24) is 4.90 Å². The van der Waals surface area contributed by atoms with E-state index in [2.05, 4.69) is 0 Å². The average molecular weight is 350 g/mol. The van der Waals surface area contributed by atoms with Crippen molar-refractivity contribution in [3.05, 3.63) is 60.4 Å².